The summed E-state index contributed by atoms with van der Waals surface area (Å²) in [5.74, 6) is -0.680. The number of anilines is 4. The largest absolute Gasteiger partial charge is 0.444 e. The van der Waals surface area contributed by atoms with E-state index in [0.29, 0.717) is 31.9 Å². The van der Waals surface area contributed by atoms with Gasteiger partial charge in [0.2, 0.25) is 0 Å². The number of ether oxygens (including phenoxy) is 1. The second-order valence-corrected chi connectivity index (χ2v) is 8.83. The van der Waals surface area contributed by atoms with Gasteiger partial charge in [0.1, 0.15) is 17.2 Å². The van der Waals surface area contributed by atoms with Crippen LogP contribution in [0.15, 0.2) is 47.0 Å². The van der Waals surface area contributed by atoms with Crippen molar-refractivity contribution in [3.05, 3.63) is 54.3 Å². The van der Waals surface area contributed by atoms with Crippen molar-refractivity contribution in [2.75, 3.05) is 41.7 Å². The molecule has 1 aliphatic rings. The molecule has 0 radical (unpaired) electrons. The number of carbonyl (C=O) groups is 2. The van der Waals surface area contributed by atoms with Crippen molar-refractivity contribution in [3.63, 3.8) is 0 Å². The van der Waals surface area contributed by atoms with Crippen LogP contribution < -0.4 is 15.5 Å². The lowest BCUT2D eigenvalue weighted by Crippen LogP contribution is -2.50. The van der Waals surface area contributed by atoms with Crippen LogP contribution in [0, 0.1) is 5.82 Å². The van der Waals surface area contributed by atoms with Crippen LogP contribution in [0.4, 0.5) is 32.4 Å². The predicted molar refractivity (Wildman–Crippen MR) is 126 cm³/mol. The zero-order chi connectivity index (χ0) is 25.0. The van der Waals surface area contributed by atoms with Crippen LogP contribution in [0.3, 0.4) is 0 Å². The predicted octanol–water partition coefficient (Wildman–Crippen LogP) is 3.66. The molecular weight excluding hydrogens is 457 g/mol. The highest BCUT2D eigenvalue weighted by Gasteiger charge is 2.26. The Labute approximate surface area is 201 Å². The number of benzene rings is 1. The van der Waals surface area contributed by atoms with E-state index in [1.54, 1.807) is 29.2 Å². The minimum Gasteiger partial charge on any atom is -0.444 e. The zero-order valence-corrected chi connectivity index (χ0v) is 19.6. The monoisotopic (exact) mass is 483 g/mol. The summed E-state index contributed by atoms with van der Waals surface area (Å²) in [5, 5.41) is 12.7. The summed E-state index contributed by atoms with van der Waals surface area (Å²) in [6.07, 6.45) is 1.19. The summed E-state index contributed by atoms with van der Waals surface area (Å²) < 4.78 is 24.4. The van der Waals surface area contributed by atoms with Crippen LogP contribution in [-0.4, -0.2) is 63.9 Å². The number of para-hydroxylation sites is 1. The standard InChI is InChI=1S/C23H26FN7O4/c1-23(2,3)35-22(33)31-12-10-30(11-13-31)18-9-8-15(14-25-18)26-19(32)20-28-29-21(34-20)27-17-7-5-4-6-16(17)24/h4-9,14H,10-13H2,1-3H3,(H,26,32)(H,27,29). The van der Waals surface area contributed by atoms with Gasteiger partial charge in [0, 0.05) is 26.2 Å². The molecular formula is C23H26FN7O4. The maximum Gasteiger partial charge on any atom is 0.410 e. The molecule has 0 bridgehead atoms. The molecule has 2 amide bonds. The van der Waals surface area contributed by atoms with Gasteiger partial charge in [0.25, 0.3) is 0 Å². The van der Waals surface area contributed by atoms with Crippen molar-refractivity contribution in [1.82, 2.24) is 20.1 Å². The van der Waals surface area contributed by atoms with Gasteiger partial charge in [-0.25, -0.2) is 14.2 Å². The van der Waals surface area contributed by atoms with Crippen molar-refractivity contribution in [2.45, 2.75) is 26.4 Å². The number of aromatic nitrogens is 3. The molecule has 3 aromatic rings. The van der Waals surface area contributed by atoms with Crippen LogP contribution in [0.25, 0.3) is 0 Å². The first-order chi connectivity index (χ1) is 16.7. The van der Waals surface area contributed by atoms with Gasteiger partial charge in [-0.05, 0) is 45.0 Å². The van der Waals surface area contributed by atoms with Gasteiger partial charge < -0.3 is 29.6 Å². The Balaban J connectivity index is 1.30. The van der Waals surface area contributed by atoms with E-state index >= 15 is 0 Å². The number of carbonyl (C=O) groups excluding carboxylic acids is 2. The van der Waals surface area contributed by atoms with E-state index in [4.69, 9.17) is 9.15 Å². The van der Waals surface area contributed by atoms with Crippen molar-refractivity contribution in [1.29, 1.82) is 0 Å². The summed E-state index contributed by atoms with van der Waals surface area (Å²) in [6, 6.07) is 9.35. The number of rotatable bonds is 5. The Morgan fingerprint density at radius 3 is 2.46 bits per heavy atom. The molecule has 0 spiro atoms. The average molecular weight is 484 g/mol. The van der Waals surface area contributed by atoms with E-state index in [0.717, 1.165) is 5.82 Å². The van der Waals surface area contributed by atoms with Gasteiger partial charge in [-0.15, -0.1) is 5.10 Å². The van der Waals surface area contributed by atoms with Gasteiger partial charge in [-0.1, -0.05) is 17.2 Å². The number of nitrogens with zero attached hydrogens (tertiary/aromatic N) is 5. The maximum atomic E-state index is 13.7. The highest BCUT2D eigenvalue weighted by molar-refractivity contribution is 6.00. The molecule has 0 unspecified atom stereocenters. The summed E-state index contributed by atoms with van der Waals surface area (Å²) in [6.45, 7) is 7.78. The molecule has 184 valence electrons. The molecule has 1 aromatic carbocycles. The third-order valence-electron chi connectivity index (χ3n) is 5.00. The van der Waals surface area contributed by atoms with Crippen molar-refractivity contribution >= 4 is 35.2 Å². The molecule has 0 atom stereocenters. The lowest BCUT2D eigenvalue weighted by Gasteiger charge is -2.36. The Bertz CT molecular complexity index is 1190. The van der Waals surface area contributed by atoms with E-state index in [-0.39, 0.29) is 23.7 Å². The van der Waals surface area contributed by atoms with E-state index in [1.165, 1.54) is 18.3 Å². The maximum absolute atomic E-state index is 13.7. The second kappa shape index (κ2) is 9.95. The molecule has 12 heteroatoms. The second-order valence-electron chi connectivity index (χ2n) is 8.83. The van der Waals surface area contributed by atoms with Crippen molar-refractivity contribution in [3.8, 4) is 0 Å². The first-order valence-corrected chi connectivity index (χ1v) is 11.0. The number of halogens is 1. The smallest absolute Gasteiger partial charge is 0.410 e. The number of pyridine rings is 1. The topological polar surface area (TPSA) is 126 Å². The van der Waals surface area contributed by atoms with E-state index in [2.05, 4.69) is 25.8 Å². The first-order valence-electron chi connectivity index (χ1n) is 11.0. The molecule has 0 saturated carbocycles. The average Bonchev–Trinajstić information content (AvgIpc) is 3.29. The summed E-state index contributed by atoms with van der Waals surface area (Å²) in [7, 11) is 0. The summed E-state index contributed by atoms with van der Waals surface area (Å²) in [5.41, 5.74) is 0.0533. The van der Waals surface area contributed by atoms with E-state index < -0.39 is 17.3 Å². The lowest BCUT2D eigenvalue weighted by molar-refractivity contribution is 0.0240. The normalized spacial score (nSPS) is 13.9. The molecule has 1 fully saturated rings. The Kier molecular flexibility index (Phi) is 6.80. The Morgan fingerprint density at radius 2 is 1.80 bits per heavy atom. The van der Waals surface area contributed by atoms with Gasteiger partial charge in [-0.3, -0.25) is 4.79 Å². The number of nitrogens with one attached hydrogen (secondary N) is 2. The fraction of sp³-hybridized carbons (Fsp3) is 0.348. The number of hydrogen-bond acceptors (Lipinski definition) is 9. The highest BCUT2D eigenvalue weighted by atomic mass is 19.1. The molecule has 0 aliphatic carbocycles. The van der Waals surface area contributed by atoms with Gasteiger partial charge in [-0.2, -0.15) is 0 Å². The van der Waals surface area contributed by atoms with E-state index in [1.807, 2.05) is 25.7 Å². The molecule has 1 saturated heterocycles. The molecule has 2 aromatic heterocycles. The lowest BCUT2D eigenvalue weighted by atomic mass is 10.2. The molecule has 1 aliphatic heterocycles. The number of piperazine rings is 1. The van der Waals surface area contributed by atoms with Crippen LogP contribution in [0.5, 0.6) is 0 Å². The van der Waals surface area contributed by atoms with Crippen LogP contribution in [-0.2, 0) is 4.74 Å². The van der Waals surface area contributed by atoms with Crippen LogP contribution in [0.2, 0.25) is 0 Å². The summed E-state index contributed by atoms with van der Waals surface area (Å²) >= 11 is 0. The molecule has 3 heterocycles. The summed E-state index contributed by atoms with van der Waals surface area (Å²) in [4.78, 5) is 32.8. The van der Waals surface area contributed by atoms with Gasteiger partial charge >= 0.3 is 23.9 Å². The first kappa shape index (κ1) is 23.9. The third kappa shape index (κ3) is 6.22. The minimum atomic E-state index is -0.625. The third-order valence-corrected chi connectivity index (χ3v) is 5.00. The fourth-order valence-electron chi connectivity index (χ4n) is 3.32. The van der Waals surface area contributed by atoms with Gasteiger partial charge in [0.15, 0.2) is 0 Å². The van der Waals surface area contributed by atoms with E-state index in [9.17, 15) is 14.0 Å². The molecule has 11 nitrogen and oxygen atoms in total. The van der Waals surface area contributed by atoms with Crippen molar-refractivity contribution in [2.24, 2.45) is 0 Å². The SMILES string of the molecule is CC(C)(C)OC(=O)N1CCN(c2ccc(NC(=O)c3nnc(Nc4ccccc4F)o3)cn2)CC1. The van der Waals surface area contributed by atoms with Crippen LogP contribution in [0.1, 0.15) is 31.5 Å². The molecule has 4 rings (SSSR count). The molecule has 35 heavy (non-hydrogen) atoms. The van der Waals surface area contributed by atoms with Crippen LogP contribution >= 0.6 is 0 Å². The Hall–Kier alpha value is -4.22. The van der Waals surface area contributed by atoms with Gasteiger partial charge in [0.05, 0.1) is 17.6 Å². The number of amides is 2. The van der Waals surface area contributed by atoms with Crippen molar-refractivity contribution < 1.29 is 23.1 Å². The Morgan fingerprint density at radius 1 is 1.06 bits per heavy atom. The fourth-order valence-corrected chi connectivity index (χ4v) is 3.32. The number of hydrogen-bond donors (Lipinski definition) is 2. The zero-order valence-electron chi connectivity index (χ0n) is 19.6. The minimum absolute atomic E-state index is 0.112. The molecule has 2 N–H and O–H groups in total. The quantitative estimate of drug-likeness (QED) is 0.559. The highest BCUT2D eigenvalue weighted by Crippen LogP contribution is 2.20.